The number of carbonyl (C=O) groups is 1. The van der Waals surface area contributed by atoms with Crippen molar-refractivity contribution in [1.29, 1.82) is 0 Å². The third kappa shape index (κ3) is 4.61. The van der Waals surface area contributed by atoms with Crippen molar-refractivity contribution < 1.29 is 28.5 Å². The SMILES string of the molecule is COC(CC(N)=O)CC1OC2OC(C)(C)OC2C1OCc1ccccc1. The average Bonchev–Trinajstić information content (AvgIpc) is 3.04. The number of ether oxygens (including phenoxy) is 5. The second kappa shape index (κ2) is 8.02. The molecule has 2 aliphatic rings. The number of methoxy groups -OCH3 is 1. The lowest BCUT2D eigenvalue weighted by atomic mass is 10.0. The quantitative estimate of drug-likeness (QED) is 0.755. The van der Waals surface area contributed by atoms with Gasteiger partial charge in [-0.1, -0.05) is 30.3 Å². The molecule has 1 aromatic carbocycles. The van der Waals surface area contributed by atoms with Crippen molar-refractivity contribution in [3.05, 3.63) is 35.9 Å². The zero-order chi connectivity index (χ0) is 18.7. The first-order valence-corrected chi connectivity index (χ1v) is 8.85. The van der Waals surface area contributed by atoms with Gasteiger partial charge >= 0.3 is 0 Å². The molecule has 2 saturated heterocycles. The highest BCUT2D eigenvalue weighted by molar-refractivity contribution is 5.74. The third-order valence-corrected chi connectivity index (χ3v) is 4.63. The summed E-state index contributed by atoms with van der Waals surface area (Å²) in [6, 6.07) is 9.91. The van der Waals surface area contributed by atoms with Crippen LogP contribution in [0.25, 0.3) is 0 Å². The Balaban J connectivity index is 1.69. The van der Waals surface area contributed by atoms with Crippen molar-refractivity contribution in [3.8, 4) is 0 Å². The maximum absolute atomic E-state index is 11.2. The zero-order valence-electron chi connectivity index (χ0n) is 15.4. The van der Waals surface area contributed by atoms with Crippen LogP contribution in [0, 0.1) is 0 Å². The smallest absolute Gasteiger partial charge is 0.220 e. The van der Waals surface area contributed by atoms with E-state index >= 15 is 0 Å². The maximum atomic E-state index is 11.2. The molecule has 2 fully saturated rings. The van der Waals surface area contributed by atoms with Crippen LogP contribution in [0.4, 0.5) is 0 Å². The molecule has 5 unspecified atom stereocenters. The van der Waals surface area contributed by atoms with Crippen LogP contribution in [-0.2, 0) is 35.1 Å². The molecule has 0 radical (unpaired) electrons. The number of benzene rings is 1. The van der Waals surface area contributed by atoms with E-state index in [1.165, 1.54) is 0 Å². The standard InChI is InChI=1S/C19H27NO6/c1-19(2)25-17-16(23-11-12-7-5-4-6-8-12)14(24-18(17)26-19)9-13(22-3)10-15(20)21/h4-8,13-14,16-18H,9-11H2,1-3H3,(H2,20,21). The van der Waals surface area contributed by atoms with Gasteiger partial charge in [-0.3, -0.25) is 4.79 Å². The van der Waals surface area contributed by atoms with Crippen molar-refractivity contribution in [2.75, 3.05) is 7.11 Å². The molecule has 3 rings (SSSR count). The van der Waals surface area contributed by atoms with Gasteiger partial charge in [0.05, 0.1) is 25.2 Å². The topological polar surface area (TPSA) is 89.2 Å². The normalized spacial score (nSPS) is 30.9. The van der Waals surface area contributed by atoms with Crippen LogP contribution >= 0.6 is 0 Å². The third-order valence-electron chi connectivity index (χ3n) is 4.63. The summed E-state index contributed by atoms with van der Waals surface area (Å²) in [4.78, 5) is 11.2. The van der Waals surface area contributed by atoms with Gasteiger partial charge in [-0.15, -0.1) is 0 Å². The van der Waals surface area contributed by atoms with Gasteiger partial charge in [0.2, 0.25) is 5.91 Å². The van der Waals surface area contributed by atoms with Crippen molar-refractivity contribution >= 4 is 5.91 Å². The number of rotatable bonds is 8. The summed E-state index contributed by atoms with van der Waals surface area (Å²) >= 11 is 0. The molecule has 7 nitrogen and oxygen atoms in total. The number of nitrogens with two attached hydrogens (primary N) is 1. The Hall–Kier alpha value is -1.51. The van der Waals surface area contributed by atoms with Crippen LogP contribution in [0.2, 0.25) is 0 Å². The van der Waals surface area contributed by atoms with Crippen molar-refractivity contribution in [2.45, 2.75) is 69.8 Å². The van der Waals surface area contributed by atoms with Crippen LogP contribution in [-0.4, -0.2) is 49.5 Å². The van der Waals surface area contributed by atoms with E-state index in [1.807, 2.05) is 44.2 Å². The van der Waals surface area contributed by atoms with Crippen LogP contribution in [0.1, 0.15) is 32.3 Å². The Morgan fingerprint density at radius 1 is 1.27 bits per heavy atom. The van der Waals surface area contributed by atoms with Crippen molar-refractivity contribution in [2.24, 2.45) is 5.73 Å². The van der Waals surface area contributed by atoms with Crippen LogP contribution in [0.15, 0.2) is 30.3 Å². The fourth-order valence-corrected chi connectivity index (χ4v) is 3.45. The second-order valence-corrected chi connectivity index (χ2v) is 7.17. The van der Waals surface area contributed by atoms with E-state index in [2.05, 4.69) is 0 Å². The van der Waals surface area contributed by atoms with Crippen LogP contribution < -0.4 is 5.73 Å². The Bertz CT molecular complexity index is 607. The lowest BCUT2D eigenvalue weighted by Gasteiger charge is -2.27. The highest BCUT2D eigenvalue weighted by Gasteiger charge is 2.55. The van der Waals surface area contributed by atoms with Gasteiger partial charge in [0, 0.05) is 13.5 Å². The molecule has 7 heteroatoms. The molecule has 2 heterocycles. The predicted molar refractivity (Wildman–Crippen MR) is 92.9 cm³/mol. The summed E-state index contributed by atoms with van der Waals surface area (Å²) in [5.41, 5.74) is 6.36. The fraction of sp³-hybridized carbons (Fsp3) is 0.632. The minimum atomic E-state index is -0.720. The first kappa shape index (κ1) is 19.3. The lowest BCUT2D eigenvalue weighted by Crippen LogP contribution is -2.39. The summed E-state index contributed by atoms with van der Waals surface area (Å²) in [6.07, 6.45) is -1.20. The van der Waals surface area contributed by atoms with Gasteiger partial charge in [0.15, 0.2) is 12.1 Å². The first-order valence-electron chi connectivity index (χ1n) is 8.85. The molecule has 0 aromatic heterocycles. The molecule has 1 amide bonds. The molecular formula is C19H27NO6. The number of hydrogen-bond donors (Lipinski definition) is 1. The van der Waals surface area contributed by atoms with Gasteiger partial charge in [-0.2, -0.15) is 0 Å². The minimum absolute atomic E-state index is 0.129. The molecule has 26 heavy (non-hydrogen) atoms. The van der Waals surface area contributed by atoms with Gasteiger partial charge in [0.25, 0.3) is 0 Å². The minimum Gasteiger partial charge on any atom is -0.381 e. The van der Waals surface area contributed by atoms with E-state index < -0.39 is 18.0 Å². The summed E-state index contributed by atoms with van der Waals surface area (Å²) in [5.74, 6) is -1.13. The molecule has 0 bridgehead atoms. The molecule has 144 valence electrons. The molecule has 5 atom stereocenters. The highest BCUT2D eigenvalue weighted by Crippen LogP contribution is 2.40. The Labute approximate surface area is 153 Å². The number of carbonyl (C=O) groups excluding carboxylic acids is 1. The van der Waals surface area contributed by atoms with Gasteiger partial charge in [-0.25, -0.2) is 0 Å². The molecule has 2 aliphatic heterocycles. The van der Waals surface area contributed by atoms with Gasteiger partial charge in [-0.05, 0) is 19.4 Å². The predicted octanol–water partition coefficient (Wildman–Crippen LogP) is 1.73. The Kier molecular flexibility index (Phi) is 5.94. The molecule has 0 aliphatic carbocycles. The fourth-order valence-electron chi connectivity index (χ4n) is 3.45. The largest absolute Gasteiger partial charge is 0.381 e. The monoisotopic (exact) mass is 365 g/mol. The molecule has 0 saturated carbocycles. The number of hydrogen-bond acceptors (Lipinski definition) is 6. The Morgan fingerprint density at radius 3 is 2.65 bits per heavy atom. The summed E-state index contributed by atoms with van der Waals surface area (Å²) < 4.78 is 29.4. The van der Waals surface area contributed by atoms with E-state index in [9.17, 15) is 4.79 Å². The van der Waals surface area contributed by atoms with Gasteiger partial charge in [0.1, 0.15) is 12.2 Å². The molecular weight excluding hydrogens is 338 g/mol. The maximum Gasteiger partial charge on any atom is 0.220 e. The first-order chi connectivity index (χ1) is 12.4. The van der Waals surface area contributed by atoms with E-state index in [4.69, 9.17) is 29.4 Å². The van der Waals surface area contributed by atoms with E-state index in [0.717, 1.165) is 5.56 Å². The average molecular weight is 365 g/mol. The molecule has 2 N–H and O–H groups in total. The van der Waals surface area contributed by atoms with E-state index in [-0.39, 0.29) is 30.8 Å². The summed E-state index contributed by atoms with van der Waals surface area (Å²) in [6.45, 7) is 4.14. The Morgan fingerprint density at radius 2 is 2.00 bits per heavy atom. The van der Waals surface area contributed by atoms with Crippen LogP contribution in [0.5, 0.6) is 0 Å². The highest BCUT2D eigenvalue weighted by atomic mass is 16.8. The van der Waals surface area contributed by atoms with Gasteiger partial charge < -0.3 is 29.4 Å². The van der Waals surface area contributed by atoms with E-state index in [0.29, 0.717) is 13.0 Å². The number of fused-ring (bicyclic) bond motifs is 1. The number of amides is 1. The summed E-state index contributed by atoms with van der Waals surface area (Å²) in [7, 11) is 1.55. The molecule has 1 aromatic rings. The summed E-state index contributed by atoms with van der Waals surface area (Å²) in [5, 5.41) is 0. The van der Waals surface area contributed by atoms with Crippen molar-refractivity contribution in [3.63, 3.8) is 0 Å². The lowest BCUT2D eigenvalue weighted by molar-refractivity contribution is -0.222. The molecule has 0 spiro atoms. The zero-order valence-corrected chi connectivity index (χ0v) is 15.4. The van der Waals surface area contributed by atoms with E-state index in [1.54, 1.807) is 7.11 Å². The van der Waals surface area contributed by atoms with Crippen LogP contribution in [0.3, 0.4) is 0 Å². The second-order valence-electron chi connectivity index (χ2n) is 7.17. The van der Waals surface area contributed by atoms with Crippen molar-refractivity contribution in [1.82, 2.24) is 0 Å². The number of primary amides is 1.